The van der Waals surface area contributed by atoms with Crippen LogP contribution in [0.15, 0.2) is 60.8 Å². The third-order valence-electron chi connectivity index (χ3n) is 3.05. The van der Waals surface area contributed by atoms with Gasteiger partial charge in [-0.15, -0.1) is 0 Å². The van der Waals surface area contributed by atoms with Crippen molar-refractivity contribution in [3.05, 3.63) is 60.8 Å². The molecule has 1 aromatic heterocycles. The molecule has 0 aliphatic rings. The highest BCUT2D eigenvalue weighted by atomic mass is 31.2. The van der Waals surface area contributed by atoms with E-state index < -0.39 is 7.60 Å². The van der Waals surface area contributed by atoms with Gasteiger partial charge in [0.05, 0.1) is 0 Å². The smallest absolute Gasteiger partial charge is 0.395 e. The van der Waals surface area contributed by atoms with Gasteiger partial charge in [-0.1, -0.05) is 30.3 Å². The minimum atomic E-state index is -3.78. The highest BCUT2D eigenvalue weighted by Crippen LogP contribution is 2.44. The Morgan fingerprint density at radius 2 is 1.81 bits per heavy atom. The van der Waals surface area contributed by atoms with Gasteiger partial charge in [-0.05, 0) is 24.3 Å². The van der Waals surface area contributed by atoms with Crippen LogP contribution in [0.1, 0.15) is 0 Å². The lowest BCUT2D eigenvalue weighted by Gasteiger charge is -2.14. The summed E-state index contributed by atoms with van der Waals surface area (Å²) in [5.41, 5.74) is 1.64. The number of aromatic nitrogens is 1. The average molecular weight is 302 g/mol. The molecule has 6 heteroatoms. The third kappa shape index (κ3) is 3.27. The summed E-state index contributed by atoms with van der Waals surface area (Å²) in [4.78, 5) is 13.0. The van der Waals surface area contributed by atoms with Crippen LogP contribution in [-0.4, -0.2) is 16.2 Å². The first-order valence-corrected chi connectivity index (χ1v) is 8.27. The van der Waals surface area contributed by atoms with Gasteiger partial charge in [-0.2, -0.15) is 0 Å². The predicted octanol–water partition coefficient (Wildman–Crippen LogP) is 3.80. The molecule has 3 N–H and O–H groups in total. The lowest BCUT2D eigenvalue weighted by molar-refractivity contribution is 0.383. The van der Waals surface area contributed by atoms with Crippen molar-refractivity contribution in [3.63, 3.8) is 0 Å². The highest BCUT2D eigenvalue weighted by Gasteiger charge is 2.22. The summed E-state index contributed by atoms with van der Waals surface area (Å²) in [6.07, 6.45) is 1.44. The van der Waals surface area contributed by atoms with Gasteiger partial charge in [-0.25, -0.2) is 4.57 Å². The van der Waals surface area contributed by atoms with Crippen LogP contribution in [0.5, 0.6) is 5.75 Å². The van der Waals surface area contributed by atoms with Gasteiger partial charge in [0.1, 0.15) is 6.29 Å². The first kappa shape index (κ1) is 13.7. The van der Waals surface area contributed by atoms with E-state index >= 15 is 0 Å². The summed E-state index contributed by atoms with van der Waals surface area (Å²) < 4.78 is 17.4. The molecule has 21 heavy (non-hydrogen) atoms. The Hall–Kier alpha value is -2.23. The van der Waals surface area contributed by atoms with Crippen molar-refractivity contribution in [1.82, 2.24) is 4.98 Å². The van der Waals surface area contributed by atoms with E-state index in [9.17, 15) is 9.46 Å². The van der Waals surface area contributed by atoms with Gasteiger partial charge in [0, 0.05) is 22.8 Å². The quantitative estimate of drug-likeness (QED) is 0.627. The molecule has 0 saturated carbocycles. The second kappa shape index (κ2) is 5.64. The molecule has 0 aliphatic carbocycles. The number of para-hydroxylation sites is 2. The fraction of sp³-hybridized carbons (Fsp3) is 0.0667. The lowest BCUT2D eigenvalue weighted by atomic mass is 10.2. The average Bonchev–Trinajstić information content (AvgIpc) is 2.89. The third-order valence-corrected chi connectivity index (χ3v) is 4.09. The van der Waals surface area contributed by atoms with Crippen LogP contribution in [-0.2, 0) is 4.57 Å². The topological polar surface area (TPSA) is 74.3 Å². The molecule has 0 amide bonds. The number of rotatable bonds is 5. The number of nitrogens with one attached hydrogen (secondary N) is 2. The Kier molecular flexibility index (Phi) is 3.69. The van der Waals surface area contributed by atoms with Gasteiger partial charge in [0.25, 0.3) is 0 Å². The molecular weight excluding hydrogens is 287 g/mol. The summed E-state index contributed by atoms with van der Waals surface area (Å²) in [5.74, 6) is 0.381. The molecule has 0 aliphatic heterocycles. The lowest BCUT2D eigenvalue weighted by Crippen LogP contribution is -2.06. The molecular formula is C15H15N2O3P. The van der Waals surface area contributed by atoms with Crippen molar-refractivity contribution in [2.24, 2.45) is 0 Å². The molecule has 3 aromatic rings. The van der Waals surface area contributed by atoms with Crippen LogP contribution < -0.4 is 9.84 Å². The minimum absolute atomic E-state index is 0.156. The second-order valence-corrected chi connectivity index (χ2v) is 6.40. The molecule has 1 atom stereocenters. The SMILES string of the molecule is O=P(O)(CNc1ccccc1)Oc1c[nH]c2ccccc12. The van der Waals surface area contributed by atoms with Gasteiger partial charge in [0.15, 0.2) is 5.75 Å². The molecule has 2 aromatic carbocycles. The van der Waals surface area contributed by atoms with E-state index in [-0.39, 0.29) is 6.29 Å². The molecule has 0 saturated heterocycles. The summed E-state index contributed by atoms with van der Waals surface area (Å²) in [5, 5.41) is 3.68. The molecule has 0 fully saturated rings. The molecule has 5 nitrogen and oxygen atoms in total. The minimum Gasteiger partial charge on any atom is -0.421 e. The number of anilines is 1. The van der Waals surface area contributed by atoms with E-state index in [2.05, 4.69) is 10.3 Å². The first-order valence-electron chi connectivity index (χ1n) is 6.50. The van der Waals surface area contributed by atoms with Gasteiger partial charge in [0.2, 0.25) is 0 Å². The number of benzene rings is 2. The molecule has 0 spiro atoms. The maximum absolute atomic E-state index is 12.2. The van der Waals surface area contributed by atoms with Crippen molar-refractivity contribution in [3.8, 4) is 5.75 Å². The van der Waals surface area contributed by atoms with Crippen LogP contribution in [0.4, 0.5) is 5.69 Å². The standard InChI is InChI=1S/C15H15N2O3P/c18-21(19,11-17-12-6-2-1-3-7-12)20-15-10-16-14-9-5-4-8-13(14)15/h1-10,16-17H,11H2,(H,18,19). The number of fused-ring (bicyclic) bond motifs is 1. The van der Waals surface area contributed by atoms with E-state index in [1.54, 1.807) is 6.20 Å². The summed E-state index contributed by atoms with van der Waals surface area (Å²) in [6, 6.07) is 16.7. The van der Waals surface area contributed by atoms with Crippen molar-refractivity contribution < 1.29 is 14.0 Å². The molecule has 1 unspecified atom stereocenters. The Labute approximate surface area is 122 Å². The first-order chi connectivity index (χ1) is 10.1. The highest BCUT2D eigenvalue weighted by molar-refractivity contribution is 7.53. The van der Waals surface area contributed by atoms with Crippen LogP contribution >= 0.6 is 7.60 Å². The van der Waals surface area contributed by atoms with E-state index in [1.807, 2.05) is 54.6 Å². The summed E-state index contributed by atoms with van der Waals surface area (Å²) in [7, 11) is -3.78. The van der Waals surface area contributed by atoms with E-state index in [4.69, 9.17) is 4.52 Å². The van der Waals surface area contributed by atoms with E-state index in [1.165, 1.54) is 0 Å². The second-order valence-electron chi connectivity index (χ2n) is 4.63. The Balaban J connectivity index is 1.72. The molecule has 0 radical (unpaired) electrons. The summed E-state index contributed by atoms with van der Waals surface area (Å²) in [6.45, 7) is 0. The van der Waals surface area contributed by atoms with E-state index in [0.29, 0.717) is 5.75 Å². The Bertz CT molecular complexity index is 786. The maximum atomic E-state index is 12.2. The van der Waals surface area contributed by atoms with Crippen LogP contribution in [0, 0.1) is 0 Å². The van der Waals surface area contributed by atoms with E-state index in [0.717, 1.165) is 16.6 Å². The zero-order valence-electron chi connectivity index (χ0n) is 11.2. The largest absolute Gasteiger partial charge is 0.421 e. The number of hydrogen-bond donors (Lipinski definition) is 3. The van der Waals surface area contributed by atoms with Crippen molar-refractivity contribution in [1.29, 1.82) is 0 Å². The van der Waals surface area contributed by atoms with Gasteiger partial charge in [-0.3, -0.25) is 0 Å². The van der Waals surface area contributed by atoms with Gasteiger partial charge >= 0.3 is 7.60 Å². The van der Waals surface area contributed by atoms with Crippen LogP contribution in [0.3, 0.4) is 0 Å². The van der Waals surface area contributed by atoms with Crippen molar-refractivity contribution >= 4 is 24.2 Å². The maximum Gasteiger partial charge on any atom is 0.395 e. The van der Waals surface area contributed by atoms with Crippen molar-refractivity contribution in [2.45, 2.75) is 0 Å². The zero-order valence-corrected chi connectivity index (χ0v) is 12.1. The predicted molar refractivity (Wildman–Crippen MR) is 83.7 cm³/mol. The van der Waals surface area contributed by atoms with Crippen molar-refractivity contribution in [2.75, 3.05) is 11.6 Å². The van der Waals surface area contributed by atoms with Crippen LogP contribution in [0.25, 0.3) is 10.9 Å². The fourth-order valence-electron chi connectivity index (χ4n) is 2.05. The molecule has 108 valence electrons. The number of aromatic amines is 1. The fourth-order valence-corrected chi connectivity index (χ4v) is 2.96. The Morgan fingerprint density at radius 1 is 1.10 bits per heavy atom. The van der Waals surface area contributed by atoms with Gasteiger partial charge < -0.3 is 19.7 Å². The summed E-state index contributed by atoms with van der Waals surface area (Å²) >= 11 is 0. The number of hydrogen-bond acceptors (Lipinski definition) is 3. The Morgan fingerprint density at radius 3 is 2.62 bits per heavy atom. The monoisotopic (exact) mass is 302 g/mol. The molecule has 3 rings (SSSR count). The molecule has 0 bridgehead atoms. The molecule has 1 heterocycles. The normalized spacial score (nSPS) is 13.8. The zero-order chi connectivity index (χ0) is 14.7. The number of H-pyrrole nitrogens is 1. The van der Waals surface area contributed by atoms with Crippen LogP contribution in [0.2, 0.25) is 0 Å².